The van der Waals surface area contributed by atoms with Crippen molar-refractivity contribution in [3.63, 3.8) is 0 Å². The molecule has 1 aliphatic rings. The van der Waals surface area contributed by atoms with Gasteiger partial charge < -0.3 is 0 Å². The van der Waals surface area contributed by atoms with Gasteiger partial charge in [-0.15, -0.1) is 0 Å². The van der Waals surface area contributed by atoms with Crippen molar-refractivity contribution in [2.45, 2.75) is 5.41 Å². The van der Waals surface area contributed by atoms with E-state index >= 15 is 0 Å². The molecule has 0 spiro atoms. The Bertz CT molecular complexity index is 2620. The summed E-state index contributed by atoms with van der Waals surface area (Å²) in [5, 5.41) is 5.44. The topological polar surface area (TPSA) is 3.24 Å². The number of hydrogen-bond acceptors (Lipinski definition) is 1. The second kappa shape index (κ2) is 11.2. The van der Waals surface area contributed by atoms with Gasteiger partial charge in [-0.1, -0.05) is 12.1 Å². The van der Waals surface area contributed by atoms with Crippen LogP contribution in [-0.4, -0.2) is 14.5 Å². The number of para-hydroxylation sites is 1. The number of nitrogens with zero attached hydrogens (tertiary/aromatic N) is 1. The molecule has 0 unspecified atom stereocenters. The predicted octanol–water partition coefficient (Wildman–Crippen LogP) is 12.0. The van der Waals surface area contributed by atoms with E-state index in [-0.39, 0.29) is 14.5 Å². The first-order valence-electron chi connectivity index (χ1n) is 16.9. The van der Waals surface area contributed by atoms with E-state index in [1.165, 1.54) is 69.1 Å². The van der Waals surface area contributed by atoms with Gasteiger partial charge in [0.1, 0.15) is 0 Å². The molecule has 2 heteroatoms. The van der Waals surface area contributed by atoms with Crippen molar-refractivity contribution in [2.75, 3.05) is 4.90 Å². The Labute approximate surface area is 292 Å². The van der Waals surface area contributed by atoms with E-state index in [1.54, 1.807) is 0 Å². The Balaban J connectivity index is 1.23. The van der Waals surface area contributed by atoms with Crippen molar-refractivity contribution in [3.05, 3.63) is 210 Å². The van der Waals surface area contributed by atoms with Crippen molar-refractivity contribution < 1.29 is 0 Å². The summed E-state index contributed by atoms with van der Waals surface area (Å²) < 4.78 is 2.95. The molecule has 0 radical (unpaired) electrons. The van der Waals surface area contributed by atoms with Crippen molar-refractivity contribution in [1.29, 1.82) is 0 Å². The minimum atomic E-state index is -0.451. The SMILES string of the molecule is c1ccc(N(c2ccc3c(c2)C(c2ccccc2)(c2ccccc2)c2ccccc2-3)c2ccc3[se]c4c5ccccc5ccc4c3c2)cc1. The van der Waals surface area contributed by atoms with E-state index in [4.69, 9.17) is 0 Å². The molecular weight excluding hydrogens is 657 g/mol. The van der Waals surface area contributed by atoms with E-state index in [0.717, 1.165) is 11.4 Å². The molecule has 0 amide bonds. The second-order valence-corrected chi connectivity index (χ2v) is 15.1. The number of hydrogen-bond donors (Lipinski definition) is 0. The maximum atomic E-state index is 2.46. The number of rotatable bonds is 5. The summed E-state index contributed by atoms with van der Waals surface area (Å²) in [6.07, 6.45) is 0. The fraction of sp³-hybridized carbons (Fsp3) is 0.0213. The Morgan fingerprint density at radius 1 is 0.388 bits per heavy atom. The van der Waals surface area contributed by atoms with E-state index in [1.807, 2.05) is 0 Å². The normalized spacial score (nSPS) is 13.1. The van der Waals surface area contributed by atoms with Gasteiger partial charge >= 0.3 is 281 Å². The van der Waals surface area contributed by atoms with Crippen LogP contribution in [0.4, 0.5) is 17.1 Å². The van der Waals surface area contributed by atoms with Crippen LogP contribution < -0.4 is 4.90 Å². The third-order valence-corrected chi connectivity index (χ3v) is 12.9. The third kappa shape index (κ3) is 4.25. The molecule has 10 rings (SSSR count). The Morgan fingerprint density at radius 2 is 1.00 bits per heavy atom. The molecule has 8 aromatic carbocycles. The Hall–Kier alpha value is -5.66. The van der Waals surface area contributed by atoms with Gasteiger partial charge in [-0.05, 0) is 0 Å². The molecule has 1 nitrogen and oxygen atoms in total. The molecule has 1 aromatic heterocycles. The van der Waals surface area contributed by atoms with Gasteiger partial charge in [0.25, 0.3) is 0 Å². The van der Waals surface area contributed by atoms with Crippen LogP contribution in [0, 0.1) is 0 Å². The van der Waals surface area contributed by atoms with Gasteiger partial charge in [0.15, 0.2) is 0 Å². The zero-order chi connectivity index (χ0) is 32.4. The molecule has 0 saturated heterocycles. The fourth-order valence-electron chi connectivity index (χ4n) is 8.23. The van der Waals surface area contributed by atoms with Crippen molar-refractivity contribution in [3.8, 4) is 11.1 Å². The average molecular weight is 689 g/mol. The fourth-order valence-corrected chi connectivity index (χ4v) is 10.8. The molecule has 0 fully saturated rings. The first kappa shape index (κ1) is 28.4. The van der Waals surface area contributed by atoms with Crippen molar-refractivity contribution in [1.82, 2.24) is 0 Å². The molecule has 0 N–H and O–H groups in total. The zero-order valence-corrected chi connectivity index (χ0v) is 28.5. The van der Waals surface area contributed by atoms with Crippen LogP contribution in [0.25, 0.3) is 41.2 Å². The van der Waals surface area contributed by atoms with Gasteiger partial charge in [-0.3, -0.25) is 0 Å². The van der Waals surface area contributed by atoms with Crippen LogP contribution in [0.5, 0.6) is 0 Å². The van der Waals surface area contributed by atoms with Gasteiger partial charge in [0, 0.05) is 0 Å². The van der Waals surface area contributed by atoms with E-state index in [9.17, 15) is 0 Å². The maximum absolute atomic E-state index is 2.46. The molecule has 1 heterocycles. The molecular formula is C47H31NSe. The van der Waals surface area contributed by atoms with Crippen LogP contribution in [0.3, 0.4) is 0 Å². The van der Waals surface area contributed by atoms with Gasteiger partial charge in [0.05, 0.1) is 0 Å². The summed E-state index contributed by atoms with van der Waals surface area (Å²) in [5.74, 6) is 0. The summed E-state index contributed by atoms with van der Waals surface area (Å²) in [6, 6.07) is 69.6. The van der Waals surface area contributed by atoms with Gasteiger partial charge in [0.2, 0.25) is 0 Å². The Morgan fingerprint density at radius 3 is 1.78 bits per heavy atom. The van der Waals surface area contributed by atoms with E-state index in [0.29, 0.717) is 0 Å². The summed E-state index contributed by atoms with van der Waals surface area (Å²) in [4.78, 5) is 2.44. The van der Waals surface area contributed by atoms with Crippen LogP contribution in [0.2, 0.25) is 0 Å². The third-order valence-electron chi connectivity index (χ3n) is 10.3. The van der Waals surface area contributed by atoms with E-state index < -0.39 is 5.41 Å². The van der Waals surface area contributed by atoms with Crippen LogP contribution in [-0.2, 0) is 5.41 Å². The quantitative estimate of drug-likeness (QED) is 0.163. The molecule has 230 valence electrons. The number of benzene rings is 8. The summed E-state index contributed by atoms with van der Waals surface area (Å²) >= 11 is 0.270. The second-order valence-electron chi connectivity index (χ2n) is 12.9. The zero-order valence-electron chi connectivity index (χ0n) is 26.8. The standard InChI is InChI=1S/C47H31NSe/c1-4-15-33(16-5-1)47(34-17-6-2-7-18-34)43-23-13-12-22-39(43)40-28-25-37(31-44(40)47)48(35-19-8-3-9-20-35)36-26-29-45-42(30-36)41-27-24-32-14-10-11-21-38(32)46(41)49-45/h1-31H. The molecule has 0 saturated carbocycles. The summed E-state index contributed by atoms with van der Waals surface area (Å²) in [7, 11) is 0. The van der Waals surface area contributed by atoms with Crippen LogP contribution in [0.1, 0.15) is 22.3 Å². The minimum absolute atomic E-state index is 0.270. The van der Waals surface area contributed by atoms with Crippen molar-refractivity contribution in [2.24, 2.45) is 0 Å². The first-order chi connectivity index (χ1) is 24.3. The average Bonchev–Trinajstić information content (AvgIpc) is 3.70. The first-order valence-corrected chi connectivity index (χ1v) is 18.6. The summed E-state index contributed by atoms with van der Waals surface area (Å²) in [6.45, 7) is 0. The predicted molar refractivity (Wildman–Crippen MR) is 208 cm³/mol. The van der Waals surface area contributed by atoms with Crippen molar-refractivity contribution >= 4 is 61.6 Å². The molecule has 0 aliphatic heterocycles. The van der Waals surface area contributed by atoms with E-state index in [2.05, 4.69) is 193 Å². The number of fused-ring (bicyclic) bond motifs is 8. The monoisotopic (exact) mass is 689 g/mol. The molecule has 49 heavy (non-hydrogen) atoms. The van der Waals surface area contributed by atoms with Crippen LogP contribution in [0.15, 0.2) is 188 Å². The van der Waals surface area contributed by atoms with Gasteiger partial charge in [-0.25, -0.2) is 0 Å². The summed E-state index contributed by atoms with van der Waals surface area (Å²) in [5.41, 5.74) is 10.8. The molecule has 0 bridgehead atoms. The molecule has 0 atom stereocenters. The molecule has 1 aliphatic carbocycles. The molecule has 9 aromatic rings. The Kier molecular flexibility index (Phi) is 6.49. The van der Waals surface area contributed by atoms with Crippen LogP contribution >= 0.6 is 0 Å². The van der Waals surface area contributed by atoms with Gasteiger partial charge in [-0.2, -0.15) is 0 Å². The number of anilines is 3.